The third-order valence-electron chi connectivity index (χ3n) is 8.90. The van der Waals surface area contributed by atoms with E-state index in [0.717, 1.165) is 70.6 Å². The fourth-order valence-electron chi connectivity index (χ4n) is 5.59. The predicted octanol–water partition coefficient (Wildman–Crippen LogP) is 14.1. The lowest BCUT2D eigenvalue weighted by atomic mass is 10.1. The Morgan fingerprint density at radius 3 is 1.27 bits per heavy atom. The Bertz CT molecular complexity index is 1110. The van der Waals surface area contributed by atoms with Crippen LogP contribution in [0.1, 0.15) is 188 Å². The zero-order valence-electron chi connectivity index (χ0n) is 35.4. The number of hydrogen-bond acceptors (Lipinski definition) is 6. The monoisotopic (exact) mass is 765 g/mol. The first-order valence-electron chi connectivity index (χ1n) is 22.1. The SMILES string of the molecule is CC/C=C\C/C=C\C/C=C\C/C=C\C/C=C\C/C=C\CCC(=O)OCC(COC(=O)CCCCCCCCCCC)OC(=O)CCC/C=C\CCCCCC. The van der Waals surface area contributed by atoms with E-state index in [1.807, 2.05) is 12.2 Å². The van der Waals surface area contributed by atoms with Crippen LogP contribution >= 0.6 is 0 Å². The highest BCUT2D eigenvalue weighted by atomic mass is 16.6. The second-order valence-corrected chi connectivity index (χ2v) is 14.2. The first-order chi connectivity index (χ1) is 27.0. The molecule has 0 heterocycles. The third kappa shape index (κ3) is 41.6. The predicted molar refractivity (Wildman–Crippen MR) is 233 cm³/mol. The Morgan fingerprint density at radius 1 is 0.382 bits per heavy atom. The third-order valence-corrected chi connectivity index (χ3v) is 8.90. The summed E-state index contributed by atoms with van der Waals surface area (Å²) in [6, 6.07) is 0. The fourth-order valence-corrected chi connectivity index (χ4v) is 5.59. The van der Waals surface area contributed by atoms with E-state index in [1.165, 1.54) is 64.2 Å². The minimum Gasteiger partial charge on any atom is -0.462 e. The Labute approximate surface area is 337 Å². The van der Waals surface area contributed by atoms with Crippen molar-refractivity contribution in [2.24, 2.45) is 0 Å². The van der Waals surface area contributed by atoms with Crippen molar-refractivity contribution in [1.29, 1.82) is 0 Å². The van der Waals surface area contributed by atoms with Crippen molar-refractivity contribution in [3.8, 4) is 0 Å². The quantitative estimate of drug-likeness (QED) is 0.0270. The molecule has 1 unspecified atom stereocenters. The summed E-state index contributed by atoms with van der Waals surface area (Å²) in [5.74, 6) is -1.05. The molecule has 0 radical (unpaired) electrons. The number of allylic oxidation sites excluding steroid dienone is 14. The lowest BCUT2D eigenvalue weighted by molar-refractivity contribution is -0.166. The minimum absolute atomic E-state index is 0.111. The fraction of sp³-hybridized carbons (Fsp3) is 0.653. The lowest BCUT2D eigenvalue weighted by Crippen LogP contribution is -2.30. The summed E-state index contributed by atoms with van der Waals surface area (Å²) < 4.78 is 16.5. The molecule has 0 aromatic rings. The zero-order chi connectivity index (χ0) is 40.1. The zero-order valence-corrected chi connectivity index (χ0v) is 35.4. The van der Waals surface area contributed by atoms with Crippen molar-refractivity contribution < 1.29 is 28.6 Å². The molecule has 0 aromatic heterocycles. The standard InChI is InChI=1S/C49H80O6/c1-4-7-10-13-16-19-20-21-22-23-24-25-26-27-28-31-33-36-39-42-48(51)54-45-46(55-49(52)43-40-37-34-30-18-15-12-9-6-3)44-53-47(50)41-38-35-32-29-17-14-11-8-5-2/h7,10,16,19,21-22,24-25,27-28,30,33-34,36,46H,4-6,8-9,11-15,17-18,20,23,26,29,31-32,35,37-45H2,1-3H3/b10-7-,19-16-,22-21-,25-24-,28-27-,34-30-,36-33-. The second kappa shape index (κ2) is 43.3. The van der Waals surface area contributed by atoms with Gasteiger partial charge in [-0.05, 0) is 77.0 Å². The average Bonchev–Trinajstić information content (AvgIpc) is 3.18. The van der Waals surface area contributed by atoms with Crippen LogP contribution in [0.25, 0.3) is 0 Å². The molecule has 0 fully saturated rings. The van der Waals surface area contributed by atoms with Crippen LogP contribution in [0.5, 0.6) is 0 Å². The maximum absolute atomic E-state index is 12.6. The molecule has 1 atom stereocenters. The first kappa shape index (κ1) is 51.6. The van der Waals surface area contributed by atoms with E-state index in [9.17, 15) is 14.4 Å². The van der Waals surface area contributed by atoms with Gasteiger partial charge in [0.15, 0.2) is 6.10 Å². The van der Waals surface area contributed by atoms with Crippen LogP contribution in [0.4, 0.5) is 0 Å². The maximum atomic E-state index is 12.6. The summed E-state index contributed by atoms with van der Waals surface area (Å²) in [6.07, 6.45) is 54.5. The highest BCUT2D eigenvalue weighted by Crippen LogP contribution is 2.12. The Morgan fingerprint density at radius 2 is 0.764 bits per heavy atom. The Hall–Kier alpha value is -3.41. The van der Waals surface area contributed by atoms with Crippen LogP contribution in [0.3, 0.4) is 0 Å². The van der Waals surface area contributed by atoms with Gasteiger partial charge in [-0.2, -0.15) is 0 Å². The molecule has 0 aliphatic heterocycles. The van der Waals surface area contributed by atoms with Crippen molar-refractivity contribution in [3.63, 3.8) is 0 Å². The van der Waals surface area contributed by atoms with Gasteiger partial charge in [-0.3, -0.25) is 14.4 Å². The van der Waals surface area contributed by atoms with Gasteiger partial charge in [-0.25, -0.2) is 0 Å². The molecule has 0 bridgehead atoms. The van der Waals surface area contributed by atoms with Crippen LogP contribution in [0, 0.1) is 0 Å². The highest BCUT2D eigenvalue weighted by Gasteiger charge is 2.19. The number of carbonyl (C=O) groups excluding carboxylic acids is 3. The van der Waals surface area contributed by atoms with Gasteiger partial charge in [0.05, 0.1) is 0 Å². The number of unbranched alkanes of at least 4 members (excludes halogenated alkanes) is 13. The molecule has 55 heavy (non-hydrogen) atoms. The van der Waals surface area contributed by atoms with Crippen molar-refractivity contribution in [2.75, 3.05) is 13.2 Å². The number of rotatable bonds is 38. The molecule has 0 saturated heterocycles. The summed E-state index contributed by atoms with van der Waals surface area (Å²) in [5, 5.41) is 0. The highest BCUT2D eigenvalue weighted by molar-refractivity contribution is 5.71. The van der Waals surface area contributed by atoms with E-state index < -0.39 is 6.10 Å². The van der Waals surface area contributed by atoms with Crippen LogP contribution in [-0.2, 0) is 28.6 Å². The molecule has 0 spiro atoms. The van der Waals surface area contributed by atoms with E-state index in [1.54, 1.807) is 0 Å². The van der Waals surface area contributed by atoms with E-state index in [-0.39, 0.29) is 44.0 Å². The Kier molecular flexibility index (Phi) is 40.6. The van der Waals surface area contributed by atoms with E-state index in [2.05, 4.69) is 93.7 Å². The van der Waals surface area contributed by atoms with Crippen molar-refractivity contribution in [3.05, 3.63) is 85.1 Å². The second-order valence-electron chi connectivity index (χ2n) is 14.2. The summed E-state index contributed by atoms with van der Waals surface area (Å²) in [6.45, 7) is 6.34. The number of esters is 3. The molecule has 0 amide bonds. The van der Waals surface area contributed by atoms with Gasteiger partial charge < -0.3 is 14.2 Å². The van der Waals surface area contributed by atoms with Crippen LogP contribution in [0.2, 0.25) is 0 Å². The lowest BCUT2D eigenvalue weighted by Gasteiger charge is -2.18. The van der Waals surface area contributed by atoms with Crippen LogP contribution in [-0.4, -0.2) is 37.2 Å². The molecule has 0 aromatic carbocycles. The molecule has 6 nitrogen and oxygen atoms in total. The summed E-state index contributed by atoms with van der Waals surface area (Å²) in [5.41, 5.74) is 0. The minimum atomic E-state index is -0.816. The maximum Gasteiger partial charge on any atom is 0.306 e. The van der Waals surface area contributed by atoms with Crippen LogP contribution < -0.4 is 0 Å². The molecule has 0 saturated carbocycles. The van der Waals surface area contributed by atoms with E-state index >= 15 is 0 Å². The van der Waals surface area contributed by atoms with Gasteiger partial charge in [0, 0.05) is 19.3 Å². The number of hydrogen-bond donors (Lipinski definition) is 0. The largest absolute Gasteiger partial charge is 0.462 e. The topological polar surface area (TPSA) is 78.9 Å². The molecule has 0 rings (SSSR count). The molecule has 6 heteroatoms. The molecule has 0 aliphatic rings. The number of ether oxygens (including phenoxy) is 3. The summed E-state index contributed by atoms with van der Waals surface area (Å²) >= 11 is 0. The van der Waals surface area contributed by atoms with Gasteiger partial charge in [0.2, 0.25) is 0 Å². The van der Waals surface area contributed by atoms with E-state index in [0.29, 0.717) is 19.3 Å². The van der Waals surface area contributed by atoms with Gasteiger partial charge in [-0.1, -0.05) is 176 Å². The normalized spacial score (nSPS) is 12.9. The molecule has 312 valence electrons. The van der Waals surface area contributed by atoms with E-state index in [4.69, 9.17) is 14.2 Å². The smallest absolute Gasteiger partial charge is 0.306 e. The molecule has 0 aliphatic carbocycles. The van der Waals surface area contributed by atoms with Crippen molar-refractivity contribution >= 4 is 17.9 Å². The average molecular weight is 765 g/mol. The number of carbonyl (C=O) groups is 3. The van der Waals surface area contributed by atoms with Crippen molar-refractivity contribution in [1.82, 2.24) is 0 Å². The summed E-state index contributed by atoms with van der Waals surface area (Å²) in [7, 11) is 0. The molecular formula is C49H80O6. The molecule has 0 N–H and O–H groups in total. The molecular weight excluding hydrogens is 685 g/mol. The van der Waals surface area contributed by atoms with Gasteiger partial charge >= 0.3 is 17.9 Å². The van der Waals surface area contributed by atoms with Crippen LogP contribution in [0.15, 0.2) is 85.1 Å². The van der Waals surface area contributed by atoms with Crippen molar-refractivity contribution in [2.45, 2.75) is 194 Å². The first-order valence-corrected chi connectivity index (χ1v) is 22.1. The van der Waals surface area contributed by atoms with Gasteiger partial charge in [0.1, 0.15) is 13.2 Å². The van der Waals surface area contributed by atoms with Gasteiger partial charge in [0.25, 0.3) is 0 Å². The Balaban J connectivity index is 4.47. The summed E-state index contributed by atoms with van der Waals surface area (Å²) in [4.78, 5) is 37.5. The van der Waals surface area contributed by atoms with Gasteiger partial charge in [-0.15, -0.1) is 0 Å².